The van der Waals surface area contributed by atoms with Crippen molar-refractivity contribution in [2.45, 2.75) is 13.8 Å². The van der Waals surface area contributed by atoms with Crippen LogP contribution in [-0.4, -0.2) is 19.5 Å². The molecule has 1 aromatic carbocycles. The van der Waals surface area contributed by atoms with Crippen LogP contribution in [0.25, 0.3) is 0 Å². The molecule has 0 atom stereocenters. The van der Waals surface area contributed by atoms with Crippen molar-refractivity contribution < 1.29 is 4.79 Å². The molecule has 0 aromatic heterocycles. The fourth-order valence-corrected chi connectivity index (χ4v) is 1.36. The van der Waals surface area contributed by atoms with Crippen molar-refractivity contribution in [1.82, 2.24) is 5.32 Å². The molecule has 0 aliphatic carbocycles. The zero-order valence-corrected chi connectivity index (χ0v) is 8.85. The predicted molar refractivity (Wildman–Crippen MR) is 58.5 cm³/mol. The lowest BCUT2D eigenvalue weighted by Gasteiger charge is -2.10. The molecule has 3 nitrogen and oxygen atoms in total. The number of anilines is 1. The second kappa shape index (κ2) is 4.77. The van der Waals surface area contributed by atoms with E-state index in [1.807, 2.05) is 32.0 Å². The van der Waals surface area contributed by atoms with Crippen LogP contribution in [0, 0.1) is 13.8 Å². The van der Waals surface area contributed by atoms with Crippen molar-refractivity contribution >= 4 is 11.6 Å². The van der Waals surface area contributed by atoms with Gasteiger partial charge in [-0.1, -0.05) is 18.2 Å². The normalized spacial score (nSPS) is 9.93. The minimum absolute atomic E-state index is 0.00935. The third-order valence-corrected chi connectivity index (χ3v) is 2.08. The van der Waals surface area contributed by atoms with Gasteiger partial charge in [-0.15, -0.1) is 0 Å². The summed E-state index contributed by atoms with van der Waals surface area (Å²) in [4.78, 5) is 11.3. The molecule has 3 heteroatoms. The van der Waals surface area contributed by atoms with Crippen molar-refractivity contribution in [3.63, 3.8) is 0 Å². The first-order chi connectivity index (χ1) is 6.65. The smallest absolute Gasteiger partial charge is 0.238 e. The van der Waals surface area contributed by atoms with Crippen LogP contribution in [0.3, 0.4) is 0 Å². The molecule has 1 rings (SSSR count). The number of carbonyl (C=O) groups is 1. The average molecular weight is 192 g/mol. The molecule has 76 valence electrons. The van der Waals surface area contributed by atoms with Crippen LogP contribution in [0.4, 0.5) is 5.69 Å². The summed E-state index contributed by atoms with van der Waals surface area (Å²) in [5, 5.41) is 5.69. The van der Waals surface area contributed by atoms with E-state index in [9.17, 15) is 4.79 Å². The third kappa shape index (κ3) is 2.57. The molecule has 0 saturated heterocycles. The highest BCUT2D eigenvalue weighted by molar-refractivity contribution is 5.93. The number of benzene rings is 1. The standard InChI is InChI=1S/C11H16N2O/c1-8-5-4-6-9(2)11(8)13-10(14)7-12-3/h4-6,12H,7H2,1-3H3,(H,13,14). The van der Waals surface area contributed by atoms with E-state index in [0.717, 1.165) is 16.8 Å². The molecule has 0 fully saturated rings. The predicted octanol–water partition coefficient (Wildman–Crippen LogP) is 1.46. The molecule has 0 aliphatic heterocycles. The zero-order valence-electron chi connectivity index (χ0n) is 8.85. The lowest BCUT2D eigenvalue weighted by Crippen LogP contribution is -2.25. The van der Waals surface area contributed by atoms with Crippen LogP contribution in [0.5, 0.6) is 0 Å². The van der Waals surface area contributed by atoms with E-state index in [0.29, 0.717) is 6.54 Å². The Hall–Kier alpha value is -1.35. The lowest BCUT2D eigenvalue weighted by atomic mass is 10.1. The van der Waals surface area contributed by atoms with Crippen molar-refractivity contribution in [1.29, 1.82) is 0 Å². The van der Waals surface area contributed by atoms with Crippen LogP contribution in [0.1, 0.15) is 11.1 Å². The summed E-state index contributed by atoms with van der Waals surface area (Å²) in [6.07, 6.45) is 0. The monoisotopic (exact) mass is 192 g/mol. The van der Waals surface area contributed by atoms with Crippen molar-refractivity contribution in [3.05, 3.63) is 29.3 Å². The van der Waals surface area contributed by atoms with E-state index in [1.165, 1.54) is 0 Å². The molecule has 1 aromatic rings. The van der Waals surface area contributed by atoms with Gasteiger partial charge in [-0.05, 0) is 32.0 Å². The topological polar surface area (TPSA) is 41.1 Å². The Morgan fingerprint density at radius 2 is 1.86 bits per heavy atom. The molecular formula is C11H16N2O. The third-order valence-electron chi connectivity index (χ3n) is 2.08. The number of carbonyl (C=O) groups excluding carboxylic acids is 1. The first kappa shape index (κ1) is 10.7. The van der Waals surface area contributed by atoms with Gasteiger partial charge in [-0.25, -0.2) is 0 Å². The number of hydrogen-bond donors (Lipinski definition) is 2. The molecular weight excluding hydrogens is 176 g/mol. The molecule has 0 saturated carbocycles. The van der Waals surface area contributed by atoms with Gasteiger partial charge in [0.1, 0.15) is 0 Å². The van der Waals surface area contributed by atoms with E-state index in [1.54, 1.807) is 7.05 Å². The zero-order chi connectivity index (χ0) is 10.6. The molecule has 0 aliphatic rings. The molecule has 0 bridgehead atoms. The number of hydrogen-bond acceptors (Lipinski definition) is 2. The summed E-state index contributed by atoms with van der Waals surface area (Å²) in [6, 6.07) is 5.96. The number of nitrogens with one attached hydrogen (secondary N) is 2. The number of rotatable bonds is 3. The summed E-state index contributed by atoms with van der Waals surface area (Å²) in [5.74, 6) is -0.00935. The minimum atomic E-state index is -0.00935. The van der Waals surface area contributed by atoms with E-state index >= 15 is 0 Å². The Labute approximate surface area is 84.5 Å². The number of amides is 1. The number of para-hydroxylation sites is 1. The summed E-state index contributed by atoms with van der Waals surface area (Å²) in [7, 11) is 1.75. The van der Waals surface area contributed by atoms with Crippen LogP contribution < -0.4 is 10.6 Å². The van der Waals surface area contributed by atoms with Gasteiger partial charge >= 0.3 is 0 Å². The molecule has 0 radical (unpaired) electrons. The second-order valence-corrected chi connectivity index (χ2v) is 3.35. The van der Waals surface area contributed by atoms with E-state index in [2.05, 4.69) is 10.6 Å². The maximum Gasteiger partial charge on any atom is 0.238 e. The van der Waals surface area contributed by atoms with Gasteiger partial charge in [0.2, 0.25) is 5.91 Å². The largest absolute Gasteiger partial charge is 0.324 e. The van der Waals surface area contributed by atoms with Gasteiger partial charge in [0.25, 0.3) is 0 Å². The summed E-state index contributed by atoms with van der Waals surface area (Å²) in [6.45, 7) is 4.32. The molecule has 0 unspecified atom stereocenters. The SMILES string of the molecule is CNCC(=O)Nc1c(C)cccc1C. The number of aryl methyl sites for hydroxylation is 2. The van der Waals surface area contributed by atoms with Gasteiger partial charge in [-0.3, -0.25) is 4.79 Å². The Morgan fingerprint density at radius 3 is 2.36 bits per heavy atom. The van der Waals surface area contributed by atoms with Gasteiger partial charge in [0, 0.05) is 5.69 Å². The summed E-state index contributed by atoms with van der Waals surface area (Å²) in [5.41, 5.74) is 3.11. The first-order valence-corrected chi connectivity index (χ1v) is 4.66. The number of likely N-dealkylation sites (N-methyl/N-ethyl adjacent to an activating group) is 1. The van der Waals surface area contributed by atoms with Crippen molar-refractivity contribution in [2.75, 3.05) is 18.9 Å². The van der Waals surface area contributed by atoms with E-state index in [4.69, 9.17) is 0 Å². The van der Waals surface area contributed by atoms with Gasteiger partial charge < -0.3 is 10.6 Å². The molecule has 14 heavy (non-hydrogen) atoms. The van der Waals surface area contributed by atoms with Crippen LogP contribution in [-0.2, 0) is 4.79 Å². The highest BCUT2D eigenvalue weighted by atomic mass is 16.1. The molecule has 2 N–H and O–H groups in total. The summed E-state index contributed by atoms with van der Waals surface area (Å²) < 4.78 is 0. The quantitative estimate of drug-likeness (QED) is 0.761. The van der Waals surface area contributed by atoms with E-state index in [-0.39, 0.29) is 5.91 Å². The fourth-order valence-electron chi connectivity index (χ4n) is 1.36. The van der Waals surface area contributed by atoms with E-state index < -0.39 is 0 Å². The Morgan fingerprint density at radius 1 is 1.29 bits per heavy atom. The fraction of sp³-hybridized carbons (Fsp3) is 0.364. The Kier molecular flexibility index (Phi) is 3.65. The minimum Gasteiger partial charge on any atom is -0.324 e. The second-order valence-electron chi connectivity index (χ2n) is 3.35. The van der Waals surface area contributed by atoms with Gasteiger partial charge in [-0.2, -0.15) is 0 Å². The van der Waals surface area contributed by atoms with Gasteiger partial charge in [0.15, 0.2) is 0 Å². The van der Waals surface area contributed by atoms with Crippen LogP contribution in [0.15, 0.2) is 18.2 Å². The molecule has 1 amide bonds. The van der Waals surface area contributed by atoms with Crippen LogP contribution in [0.2, 0.25) is 0 Å². The summed E-state index contributed by atoms with van der Waals surface area (Å²) >= 11 is 0. The molecule has 0 heterocycles. The van der Waals surface area contributed by atoms with Crippen molar-refractivity contribution in [2.24, 2.45) is 0 Å². The Balaban J connectivity index is 2.80. The maximum atomic E-state index is 11.3. The highest BCUT2D eigenvalue weighted by Crippen LogP contribution is 2.18. The lowest BCUT2D eigenvalue weighted by molar-refractivity contribution is -0.115. The van der Waals surface area contributed by atoms with Crippen molar-refractivity contribution in [3.8, 4) is 0 Å². The highest BCUT2D eigenvalue weighted by Gasteiger charge is 2.05. The van der Waals surface area contributed by atoms with Gasteiger partial charge in [0.05, 0.1) is 6.54 Å². The average Bonchev–Trinajstić information content (AvgIpc) is 2.12. The van der Waals surface area contributed by atoms with Crippen LogP contribution >= 0.6 is 0 Å². The molecule has 0 spiro atoms. The Bertz CT molecular complexity index is 314. The first-order valence-electron chi connectivity index (χ1n) is 4.66. The maximum absolute atomic E-state index is 11.3.